The third-order valence-corrected chi connectivity index (χ3v) is 5.25. The molecule has 0 unspecified atom stereocenters. The van der Waals surface area contributed by atoms with Gasteiger partial charge in [0.05, 0.1) is 19.0 Å². The van der Waals surface area contributed by atoms with Gasteiger partial charge in [0.15, 0.2) is 12.1 Å². The number of amides is 3. The molecule has 0 heterocycles. The normalized spacial score (nSPS) is 14.5. The van der Waals surface area contributed by atoms with Crippen LogP contribution in [0.5, 0.6) is 0 Å². The number of nitrogens with one attached hydrogen (secondary N) is 3. The van der Waals surface area contributed by atoms with Gasteiger partial charge in [-0.3, -0.25) is 24.2 Å². The zero-order valence-electron chi connectivity index (χ0n) is 20.9. The van der Waals surface area contributed by atoms with E-state index in [1.807, 2.05) is 0 Å². The number of carboxylic acids is 2. The van der Waals surface area contributed by atoms with Gasteiger partial charge in [0.1, 0.15) is 12.1 Å². The summed E-state index contributed by atoms with van der Waals surface area (Å²) >= 11 is 0. The van der Waals surface area contributed by atoms with Gasteiger partial charge in [-0.05, 0) is 18.4 Å². The molecule has 216 valence electrons. The van der Waals surface area contributed by atoms with Crippen LogP contribution in [0.1, 0.15) is 24.8 Å². The average Bonchev–Trinajstić information content (AvgIpc) is 2.88. The number of aliphatic imine (C=N–C) groups is 1. The number of hydrogen-bond acceptors (Lipinski definition) is 7. The second kappa shape index (κ2) is 16.5. The standard InChI is InChI=1S/C23H33F2N7O7/c24-13(11-30-19(35)14(26)7-4-8-29-23(27)28)18(25)21(37)31-15(10-17(33)34)20(36)32-16(22(38)39)9-12-5-2-1-3-6-12/h1-3,5-6,13-16,18H,4,7-11,26H2,(H,30,35)(H,31,37)(H,32,36)(H,33,34)(H,38,39)(H4,27,28,29)/t13-,14-,15-,16-,18+/m0/s1. The summed E-state index contributed by atoms with van der Waals surface area (Å²) in [6.45, 7) is -0.741. The lowest BCUT2D eigenvalue weighted by Crippen LogP contribution is -2.55. The molecule has 0 saturated heterocycles. The van der Waals surface area contributed by atoms with Crippen LogP contribution in [0.15, 0.2) is 35.3 Å². The van der Waals surface area contributed by atoms with Gasteiger partial charge in [0.25, 0.3) is 5.91 Å². The Morgan fingerprint density at radius 3 is 2.10 bits per heavy atom. The van der Waals surface area contributed by atoms with Crippen molar-refractivity contribution in [3.05, 3.63) is 35.9 Å². The molecule has 1 aromatic carbocycles. The van der Waals surface area contributed by atoms with E-state index in [0.717, 1.165) is 0 Å². The van der Waals surface area contributed by atoms with Gasteiger partial charge in [-0.25, -0.2) is 13.6 Å². The van der Waals surface area contributed by atoms with Crippen LogP contribution in [-0.4, -0.2) is 89.4 Å². The van der Waals surface area contributed by atoms with Crippen LogP contribution in [0.4, 0.5) is 8.78 Å². The number of hydrogen-bond donors (Lipinski definition) is 8. The zero-order chi connectivity index (χ0) is 29.5. The molecule has 1 rings (SSSR count). The lowest BCUT2D eigenvalue weighted by molar-refractivity contribution is -0.143. The Kier molecular flexibility index (Phi) is 13.8. The number of carbonyl (C=O) groups excluding carboxylic acids is 3. The lowest BCUT2D eigenvalue weighted by Gasteiger charge is -2.22. The molecule has 0 bridgehead atoms. The third kappa shape index (κ3) is 12.6. The van der Waals surface area contributed by atoms with Crippen molar-refractivity contribution in [1.82, 2.24) is 16.0 Å². The maximum Gasteiger partial charge on any atom is 0.326 e. The van der Waals surface area contributed by atoms with Gasteiger partial charge >= 0.3 is 11.9 Å². The largest absolute Gasteiger partial charge is 0.481 e. The Bertz CT molecular complexity index is 1030. The molecular weight excluding hydrogens is 524 g/mol. The van der Waals surface area contributed by atoms with Crippen molar-refractivity contribution in [3.8, 4) is 0 Å². The highest BCUT2D eigenvalue weighted by Crippen LogP contribution is 2.08. The van der Waals surface area contributed by atoms with Gasteiger partial charge in [-0.15, -0.1) is 0 Å². The van der Waals surface area contributed by atoms with E-state index in [0.29, 0.717) is 12.0 Å². The van der Waals surface area contributed by atoms with Crippen molar-refractivity contribution in [1.29, 1.82) is 0 Å². The molecule has 0 aliphatic heterocycles. The summed E-state index contributed by atoms with van der Waals surface area (Å²) in [5, 5.41) is 24.4. The molecule has 0 saturated carbocycles. The fraction of sp³-hybridized carbons (Fsp3) is 0.478. The summed E-state index contributed by atoms with van der Waals surface area (Å²) in [5.41, 5.74) is 16.5. The summed E-state index contributed by atoms with van der Waals surface area (Å²) in [7, 11) is 0. The van der Waals surface area contributed by atoms with Crippen LogP contribution in [0, 0.1) is 0 Å². The van der Waals surface area contributed by atoms with Crippen molar-refractivity contribution < 1.29 is 43.0 Å². The summed E-state index contributed by atoms with van der Waals surface area (Å²) in [6.07, 6.45) is -6.20. The van der Waals surface area contributed by atoms with E-state index in [4.69, 9.17) is 22.3 Å². The SMILES string of the molecule is NC(N)=NCCC[C@H](N)C(=O)NC[C@H](F)[C@@H](F)C(=O)N[C@@H](CC(=O)O)C(=O)N[C@@H](Cc1ccccc1)C(=O)O. The molecule has 1 aromatic rings. The molecule has 0 aliphatic carbocycles. The monoisotopic (exact) mass is 557 g/mol. The van der Waals surface area contributed by atoms with E-state index in [1.165, 1.54) is 0 Å². The van der Waals surface area contributed by atoms with Crippen molar-refractivity contribution in [2.75, 3.05) is 13.1 Å². The Balaban J connectivity index is 2.71. The predicted molar refractivity (Wildman–Crippen MR) is 135 cm³/mol. The second-order valence-electron chi connectivity index (χ2n) is 8.47. The van der Waals surface area contributed by atoms with Crippen LogP contribution < -0.4 is 33.2 Å². The molecule has 0 aromatic heterocycles. The summed E-state index contributed by atoms with van der Waals surface area (Å²) in [4.78, 5) is 63.3. The predicted octanol–water partition coefficient (Wildman–Crippen LogP) is -2.07. The molecule has 0 spiro atoms. The maximum absolute atomic E-state index is 14.4. The molecule has 3 amide bonds. The van der Waals surface area contributed by atoms with Gasteiger partial charge < -0.3 is 43.4 Å². The van der Waals surface area contributed by atoms with E-state index in [2.05, 4.69) is 15.6 Å². The Morgan fingerprint density at radius 2 is 1.54 bits per heavy atom. The Hall–Kier alpha value is -4.34. The third-order valence-electron chi connectivity index (χ3n) is 5.25. The minimum Gasteiger partial charge on any atom is -0.481 e. The van der Waals surface area contributed by atoms with Gasteiger partial charge in [0.2, 0.25) is 18.0 Å². The quantitative estimate of drug-likeness (QED) is 0.0590. The highest BCUT2D eigenvalue weighted by molar-refractivity contribution is 5.94. The number of alkyl halides is 2. The molecule has 0 aliphatic rings. The average molecular weight is 558 g/mol. The van der Waals surface area contributed by atoms with Crippen molar-refractivity contribution in [3.63, 3.8) is 0 Å². The molecule has 0 fully saturated rings. The van der Waals surface area contributed by atoms with Gasteiger partial charge in [-0.1, -0.05) is 30.3 Å². The van der Waals surface area contributed by atoms with E-state index < -0.39 is 73.1 Å². The maximum atomic E-state index is 14.4. The second-order valence-corrected chi connectivity index (χ2v) is 8.47. The van der Waals surface area contributed by atoms with Crippen molar-refractivity contribution >= 4 is 35.6 Å². The summed E-state index contributed by atoms with van der Waals surface area (Å²) in [6, 6.07) is 3.69. The fourth-order valence-electron chi connectivity index (χ4n) is 3.20. The van der Waals surface area contributed by atoms with Crippen LogP contribution in [0.3, 0.4) is 0 Å². The Labute approximate surface area is 222 Å². The van der Waals surface area contributed by atoms with E-state index in [9.17, 15) is 37.9 Å². The topological polar surface area (TPSA) is 252 Å². The molecule has 5 atom stereocenters. The van der Waals surface area contributed by atoms with E-state index in [1.54, 1.807) is 35.6 Å². The number of carbonyl (C=O) groups is 5. The number of guanidine groups is 1. The molecular formula is C23H33F2N7O7. The van der Waals surface area contributed by atoms with Crippen LogP contribution in [0.2, 0.25) is 0 Å². The highest BCUT2D eigenvalue weighted by Gasteiger charge is 2.34. The van der Waals surface area contributed by atoms with E-state index >= 15 is 0 Å². The summed E-state index contributed by atoms with van der Waals surface area (Å²) in [5.74, 6) is -6.87. The number of nitrogens with two attached hydrogens (primary N) is 3. The number of aliphatic carboxylic acids is 2. The fourth-order valence-corrected chi connectivity index (χ4v) is 3.20. The minimum absolute atomic E-state index is 0.132. The molecule has 0 radical (unpaired) electrons. The minimum atomic E-state index is -2.90. The van der Waals surface area contributed by atoms with Crippen LogP contribution in [-0.2, 0) is 30.4 Å². The molecule has 14 nitrogen and oxygen atoms in total. The zero-order valence-corrected chi connectivity index (χ0v) is 20.9. The summed E-state index contributed by atoms with van der Waals surface area (Å²) < 4.78 is 28.7. The first kappa shape index (κ1) is 32.7. The Morgan fingerprint density at radius 1 is 0.923 bits per heavy atom. The molecule has 11 N–H and O–H groups in total. The smallest absolute Gasteiger partial charge is 0.326 e. The van der Waals surface area contributed by atoms with E-state index in [-0.39, 0.29) is 25.3 Å². The number of rotatable bonds is 17. The van der Waals surface area contributed by atoms with Crippen LogP contribution in [0.25, 0.3) is 0 Å². The number of benzene rings is 1. The lowest BCUT2D eigenvalue weighted by atomic mass is 10.0. The van der Waals surface area contributed by atoms with Crippen molar-refractivity contribution in [2.45, 2.75) is 56.2 Å². The van der Waals surface area contributed by atoms with Gasteiger partial charge in [0, 0.05) is 13.0 Å². The number of carboxylic acid groups (broad SMARTS) is 2. The highest BCUT2D eigenvalue weighted by atomic mass is 19.2. The van der Waals surface area contributed by atoms with Crippen LogP contribution >= 0.6 is 0 Å². The first-order chi connectivity index (χ1) is 18.3. The molecule has 16 heteroatoms. The van der Waals surface area contributed by atoms with Gasteiger partial charge in [-0.2, -0.15) is 0 Å². The first-order valence-corrected chi connectivity index (χ1v) is 11.8. The van der Waals surface area contributed by atoms with Crippen molar-refractivity contribution in [2.24, 2.45) is 22.2 Å². The number of nitrogens with zero attached hydrogens (tertiary/aromatic N) is 1. The first-order valence-electron chi connectivity index (χ1n) is 11.8. The number of halogens is 2. The molecule has 39 heavy (non-hydrogen) atoms.